The van der Waals surface area contributed by atoms with Crippen molar-refractivity contribution in [1.29, 1.82) is 0 Å². The topological polar surface area (TPSA) is 92.5 Å². The molecule has 0 bridgehead atoms. The van der Waals surface area contributed by atoms with Gasteiger partial charge in [-0.15, -0.1) is 12.4 Å². The molecule has 2 aromatic carbocycles. The van der Waals surface area contributed by atoms with Gasteiger partial charge in [-0.05, 0) is 42.7 Å². The summed E-state index contributed by atoms with van der Waals surface area (Å²) in [5.74, 6) is 0.177. The second kappa shape index (κ2) is 10.5. The minimum Gasteiger partial charge on any atom is -0.342 e. The number of benzene rings is 2. The van der Waals surface area contributed by atoms with Crippen LogP contribution in [-0.2, 0) is 10.0 Å². The van der Waals surface area contributed by atoms with Gasteiger partial charge in [0.15, 0.2) is 0 Å². The number of carbonyl (C=O) groups is 1. The lowest BCUT2D eigenvalue weighted by molar-refractivity contribution is 0.0789. The zero-order valence-electron chi connectivity index (χ0n) is 16.3. The fourth-order valence-electron chi connectivity index (χ4n) is 2.53. The predicted octanol–water partition coefficient (Wildman–Crippen LogP) is 3.35. The van der Waals surface area contributed by atoms with Crippen molar-refractivity contribution in [3.8, 4) is 0 Å². The van der Waals surface area contributed by atoms with Gasteiger partial charge in [0, 0.05) is 30.9 Å². The smallest absolute Gasteiger partial charge is 0.261 e. The second-order valence-corrected chi connectivity index (χ2v) is 8.61. The Bertz CT molecular complexity index is 873. The molecule has 1 amide bonds. The van der Waals surface area contributed by atoms with Crippen LogP contribution in [0.15, 0.2) is 59.5 Å². The van der Waals surface area contributed by atoms with Gasteiger partial charge in [0.2, 0.25) is 0 Å². The number of sulfonamides is 1. The number of hydrogen-bond donors (Lipinski definition) is 2. The number of rotatable bonds is 8. The van der Waals surface area contributed by atoms with E-state index >= 15 is 0 Å². The highest BCUT2D eigenvalue weighted by Crippen LogP contribution is 2.18. The number of nitrogens with two attached hydrogens (primary N) is 1. The molecule has 0 heterocycles. The van der Waals surface area contributed by atoms with Gasteiger partial charge in [-0.3, -0.25) is 9.52 Å². The maximum absolute atomic E-state index is 12.6. The third-order valence-electron chi connectivity index (χ3n) is 4.42. The monoisotopic (exact) mass is 425 g/mol. The molecule has 0 aliphatic heterocycles. The molecule has 0 fully saturated rings. The first-order chi connectivity index (χ1) is 12.7. The normalized spacial score (nSPS) is 12.2. The lowest BCUT2D eigenvalue weighted by atomic mass is 10.0. The third-order valence-corrected chi connectivity index (χ3v) is 5.81. The molecular formula is C20H28ClN3O3S. The minimum atomic E-state index is -3.70. The van der Waals surface area contributed by atoms with E-state index in [4.69, 9.17) is 5.73 Å². The van der Waals surface area contributed by atoms with Crippen LogP contribution in [0.3, 0.4) is 0 Å². The summed E-state index contributed by atoms with van der Waals surface area (Å²) in [5, 5.41) is 0. The molecule has 0 aliphatic rings. The highest BCUT2D eigenvalue weighted by molar-refractivity contribution is 7.92. The number of nitrogens with one attached hydrogen (secondary N) is 1. The summed E-state index contributed by atoms with van der Waals surface area (Å²) >= 11 is 0. The van der Waals surface area contributed by atoms with E-state index in [2.05, 4.69) is 18.6 Å². The lowest BCUT2D eigenvalue weighted by Gasteiger charge is -2.22. The maximum atomic E-state index is 12.6. The van der Waals surface area contributed by atoms with E-state index in [1.165, 1.54) is 12.1 Å². The second-order valence-electron chi connectivity index (χ2n) is 6.92. The lowest BCUT2D eigenvalue weighted by Crippen LogP contribution is -2.34. The summed E-state index contributed by atoms with van der Waals surface area (Å²) in [6, 6.07) is 14.6. The largest absolute Gasteiger partial charge is 0.342 e. The van der Waals surface area contributed by atoms with Gasteiger partial charge in [0.25, 0.3) is 15.9 Å². The van der Waals surface area contributed by atoms with Crippen molar-refractivity contribution >= 4 is 34.0 Å². The van der Waals surface area contributed by atoms with E-state index in [0.29, 0.717) is 30.1 Å². The Morgan fingerprint density at radius 3 is 2.36 bits per heavy atom. The van der Waals surface area contributed by atoms with E-state index < -0.39 is 10.0 Å². The number of hydrogen-bond acceptors (Lipinski definition) is 4. The summed E-state index contributed by atoms with van der Waals surface area (Å²) < 4.78 is 27.4. The highest BCUT2D eigenvalue weighted by atomic mass is 35.5. The zero-order chi connectivity index (χ0) is 20.0. The van der Waals surface area contributed by atoms with Crippen molar-refractivity contribution in [3.63, 3.8) is 0 Å². The van der Waals surface area contributed by atoms with Gasteiger partial charge in [-0.1, -0.05) is 38.1 Å². The Morgan fingerprint density at radius 2 is 1.75 bits per heavy atom. The van der Waals surface area contributed by atoms with E-state index in [0.717, 1.165) is 0 Å². The van der Waals surface area contributed by atoms with Crippen LogP contribution in [-0.4, -0.2) is 38.9 Å². The fraction of sp³-hybridized carbons (Fsp3) is 0.350. The van der Waals surface area contributed by atoms with Crippen molar-refractivity contribution in [2.24, 2.45) is 11.7 Å². The average Bonchev–Trinajstić information content (AvgIpc) is 2.65. The molecule has 1 unspecified atom stereocenters. The standard InChI is InChI=1S/C20H27N3O3S.ClH/c1-15(2)19(21)12-13-23(3)20(24)16-8-7-9-17(14-16)22-27(25,26)18-10-5-4-6-11-18;/h4-11,14-15,19,22H,12-13,21H2,1-3H3;1H. The van der Waals surface area contributed by atoms with Gasteiger partial charge in [0.1, 0.15) is 0 Å². The quantitative estimate of drug-likeness (QED) is 0.678. The molecular weight excluding hydrogens is 398 g/mol. The van der Waals surface area contributed by atoms with Gasteiger partial charge >= 0.3 is 0 Å². The summed E-state index contributed by atoms with van der Waals surface area (Å²) in [6.07, 6.45) is 0.709. The van der Waals surface area contributed by atoms with Crippen LogP contribution >= 0.6 is 12.4 Å². The van der Waals surface area contributed by atoms with Crippen LogP contribution in [0.25, 0.3) is 0 Å². The first-order valence-corrected chi connectivity index (χ1v) is 10.4. The van der Waals surface area contributed by atoms with E-state index in [1.54, 1.807) is 54.4 Å². The van der Waals surface area contributed by atoms with Crippen molar-refractivity contribution in [1.82, 2.24) is 4.90 Å². The van der Waals surface area contributed by atoms with Gasteiger partial charge in [-0.2, -0.15) is 0 Å². The van der Waals surface area contributed by atoms with E-state index in [-0.39, 0.29) is 29.3 Å². The van der Waals surface area contributed by atoms with Gasteiger partial charge < -0.3 is 10.6 Å². The number of halogens is 1. The first-order valence-electron chi connectivity index (χ1n) is 8.89. The summed E-state index contributed by atoms with van der Waals surface area (Å²) in [5.41, 5.74) is 6.80. The Morgan fingerprint density at radius 1 is 1.11 bits per heavy atom. The Hall–Kier alpha value is -2.09. The predicted molar refractivity (Wildman–Crippen MR) is 115 cm³/mol. The molecule has 28 heavy (non-hydrogen) atoms. The van der Waals surface area contributed by atoms with Crippen LogP contribution in [0.1, 0.15) is 30.6 Å². The summed E-state index contributed by atoms with van der Waals surface area (Å²) in [6.45, 7) is 4.64. The Kier molecular flexibility index (Phi) is 8.94. The van der Waals surface area contributed by atoms with Crippen LogP contribution < -0.4 is 10.5 Å². The molecule has 0 saturated heterocycles. The van der Waals surface area contributed by atoms with Crippen molar-refractivity contribution in [2.45, 2.75) is 31.2 Å². The number of nitrogens with zero attached hydrogens (tertiary/aromatic N) is 1. The summed E-state index contributed by atoms with van der Waals surface area (Å²) in [7, 11) is -1.98. The average molecular weight is 426 g/mol. The van der Waals surface area contributed by atoms with Crippen LogP contribution in [0.5, 0.6) is 0 Å². The number of carbonyl (C=O) groups excluding carboxylic acids is 1. The molecule has 1 atom stereocenters. The van der Waals surface area contributed by atoms with Crippen molar-refractivity contribution in [3.05, 3.63) is 60.2 Å². The molecule has 0 aliphatic carbocycles. The molecule has 154 valence electrons. The van der Waals surface area contributed by atoms with Crippen molar-refractivity contribution < 1.29 is 13.2 Å². The molecule has 0 saturated carbocycles. The van der Waals surface area contributed by atoms with E-state index in [9.17, 15) is 13.2 Å². The van der Waals surface area contributed by atoms with Gasteiger partial charge in [0.05, 0.1) is 4.90 Å². The molecule has 0 radical (unpaired) electrons. The third kappa shape index (κ3) is 6.51. The SMILES string of the molecule is CC(C)C(N)CCN(C)C(=O)c1cccc(NS(=O)(=O)c2ccccc2)c1.Cl. The minimum absolute atomic E-state index is 0. The first kappa shape index (κ1) is 23.9. The molecule has 8 heteroatoms. The fourth-order valence-corrected chi connectivity index (χ4v) is 3.60. The Balaban J connectivity index is 0.00000392. The molecule has 0 aromatic heterocycles. The molecule has 3 N–H and O–H groups in total. The number of anilines is 1. The molecule has 2 rings (SSSR count). The van der Waals surface area contributed by atoms with Crippen LogP contribution in [0.2, 0.25) is 0 Å². The zero-order valence-corrected chi connectivity index (χ0v) is 18.0. The number of amides is 1. The van der Waals surface area contributed by atoms with Crippen LogP contribution in [0, 0.1) is 5.92 Å². The van der Waals surface area contributed by atoms with Crippen LogP contribution in [0.4, 0.5) is 5.69 Å². The highest BCUT2D eigenvalue weighted by Gasteiger charge is 2.17. The maximum Gasteiger partial charge on any atom is 0.261 e. The van der Waals surface area contributed by atoms with E-state index in [1.807, 2.05) is 0 Å². The molecule has 0 spiro atoms. The molecule has 2 aromatic rings. The summed E-state index contributed by atoms with van der Waals surface area (Å²) in [4.78, 5) is 14.4. The Labute approximate surface area is 173 Å². The van der Waals surface area contributed by atoms with Gasteiger partial charge in [-0.25, -0.2) is 8.42 Å². The van der Waals surface area contributed by atoms with Crippen molar-refractivity contribution in [2.75, 3.05) is 18.3 Å². The molecule has 6 nitrogen and oxygen atoms in total.